The van der Waals surface area contributed by atoms with Gasteiger partial charge in [-0.25, -0.2) is 0 Å². The molecular weight excluding hydrogens is 312 g/mol. The Morgan fingerprint density at radius 2 is 1.95 bits per heavy atom. The van der Waals surface area contributed by atoms with Crippen LogP contribution in [0.5, 0.6) is 0 Å². The summed E-state index contributed by atoms with van der Waals surface area (Å²) in [6.45, 7) is 6.23. The van der Waals surface area contributed by atoms with Crippen molar-refractivity contribution in [2.75, 3.05) is 18.8 Å². The van der Waals surface area contributed by atoms with Gasteiger partial charge in [-0.2, -0.15) is 0 Å². The van der Waals surface area contributed by atoms with Crippen molar-refractivity contribution >= 4 is 34.2 Å². The highest BCUT2D eigenvalue weighted by Gasteiger charge is 2.17. The molecule has 5 heteroatoms. The largest absolute Gasteiger partial charge is 0.358 e. The van der Waals surface area contributed by atoms with Crippen LogP contribution in [-0.4, -0.2) is 34.0 Å². The normalized spacial score (nSPS) is 15.6. The van der Waals surface area contributed by atoms with Gasteiger partial charge in [-0.05, 0) is 37.3 Å². The highest BCUT2D eigenvalue weighted by atomic mass is 32.2. The average molecular weight is 337 g/mol. The zero-order chi connectivity index (χ0) is 15.9. The van der Waals surface area contributed by atoms with Crippen LogP contribution < -0.4 is 5.32 Å². The van der Waals surface area contributed by atoms with Crippen molar-refractivity contribution in [3.05, 3.63) is 35.4 Å². The molecule has 120 valence electrons. The third-order valence-corrected chi connectivity index (χ3v) is 5.48. The molecule has 1 N–H and O–H groups in total. The molecule has 3 nitrogen and oxygen atoms in total. The van der Waals surface area contributed by atoms with E-state index in [4.69, 9.17) is 12.2 Å². The Morgan fingerprint density at radius 3 is 2.55 bits per heavy atom. The number of likely N-dealkylation sites (tertiary alicyclic amines) is 1. The summed E-state index contributed by atoms with van der Waals surface area (Å²) in [7, 11) is 0. The standard InChI is InChI=1S/C17H24N2OS2/c1-3-14-6-8-15(9-7-14)13(2)18-16(20)12-22-17(21)19-10-4-5-11-19/h6-9,13H,3-5,10-12H2,1-2H3,(H,18,20). The third kappa shape index (κ3) is 4.99. The molecule has 1 atom stereocenters. The quantitative estimate of drug-likeness (QED) is 0.834. The summed E-state index contributed by atoms with van der Waals surface area (Å²) in [6, 6.07) is 8.45. The van der Waals surface area contributed by atoms with E-state index in [1.54, 1.807) is 0 Å². The van der Waals surface area contributed by atoms with E-state index in [2.05, 4.69) is 41.4 Å². The van der Waals surface area contributed by atoms with Gasteiger partial charge in [0.1, 0.15) is 4.32 Å². The minimum Gasteiger partial charge on any atom is -0.358 e. The molecule has 1 saturated heterocycles. The molecule has 1 aromatic carbocycles. The van der Waals surface area contributed by atoms with Crippen LogP contribution in [0.25, 0.3) is 0 Å². The Labute approximate surface area is 142 Å². The van der Waals surface area contributed by atoms with Gasteiger partial charge in [0, 0.05) is 13.1 Å². The van der Waals surface area contributed by atoms with Crippen molar-refractivity contribution < 1.29 is 4.79 Å². The van der Waals surface area contributed by atoms with Gasteiger partial charge in [-0.15, -0.1) is 0 Å². The molecule has 0 radical (unpaired) electrons. The Bertz CT molecular complexity index is 510. The van der Waals surface area contributed by atoms with Crippen molar-refractivity contribution in [1.29, 1.82) is 0 Å². The molecule has 2 rings (SSSR count). The van der Waals surface area contributed by atoms with Gasteiger partial charge < -0.3 is 10.2 Å². The maximum absolute atomic E-state index is 12.1. The second-order valence-electron chi connectivity index (χ2n) is 5.63. The van der Waals surface area contributed by atoms with E-state index in [1.807, 2.05) is 6.92 Å². The lowest BCUT2D eigenvalue weighted by atomic mass is 10.1. The minimum absolute atomic E-state index is 0.0272. The second kappa shape index (κ2) is 8.53. The Hall–Kier alpha value is -1.07. The first kappa shape index (κ1) is 17.3. The van der Waals surface area contributed by atoms with Crippen molar-refractivity contribution in [3.8, 4) is 0 Å². The number of carbonyl (C=O) groups is 1. The first-order chi connectivity index (χ1) is 10.6. The van der Waals surface area contributed by atoms with Crippen molar-refractivity contribution in [2.45, 2.75) is 39.2 Å². The summed E-state index contributed by atoms with van der Waals surface area (Å²) in [6.07, 6.45) is 3.45. The number of amides is 1. The predicted octanol–water partition coefficient (Wildman–Crippen LogP) is 3.54. The van der Waals surface area contributed by atoms with E-state index in [9.17, 15) is 4.79 Å². The predicted molar refractivity (Wildman–Crippen MR) is 98.2 cm³/mol. The number of hydrogen-bond acceptors (Lipinski definition) is 3. The SMILES string of the molecule is CCc1ccc(C(C)NC(=O)CSC(=S)N2CCCC2)cc1. The fourth-order valence-corrected chi connectivity index (χ4v) is 3.59. The molecule has 0 spiro atoms. The maximum Gasteiger partial charge on any atom is 0.230 e. The number of nitrogens with one attached hydrogen (secondary N) is 1. The molecule has 1 aliphatic rings. The number of rotatable bonds is 5. The molecule has 0 aliphatic carbocycles. The summed E-state index contributed by atoms with van der Waals surface area (Å²) in [5, 5.41) is 3.04. The van der Waals surface area contributed by atoms with Crippen LogP contribution in [0.4, 0.5) is 0 Å². The van der Waals surface area contributed by atoms with Gasteiger partial charge >= 0.3 is 0 Å². The number of hydrogen-bond donors (Lipinski definition) is 1. The number of nitrogens with zero attached hydrogens (tertiary/aromatic N) is 1. The topological polar surface area (TPSA) is 32.3 Å². The molecule has 0 aromatic heterocycles. The monoisotopic (exact) mass is 336 g/mol. The zero-order valence-electron chi connectivity index (χ0n) is 13.3. The molecule has 1 aliphatic heterocycles. The van der Waals surface area contributed by atoms with Crippen LogP contribution in [0, 0.1) is 0 Å². The van der Waals surface area contributed by atoms with Crippen molar-refractivity contribution in [1.82, 2.24) is 10.2 Å². The number of aryl methyl sites for hydroxylation is 1. The highest BCUT2D eigenvalue weighted by molar-refractivity contribution is 8.23. The van der Waals surface area contributed by atoms with Gasteiger partial charge in [0.15, 0.2) is 0 Å². The molecule has 0 bridgehead atoms. The maximum atomic E-state index is 12.1. The van der Waals surface area contributed by atoms with Gasteiger partial charge in [0.2, 0.25) is 5.91 Å². The van der Waals surface area contributed by atoms with Crippen LogP contribution >= 0.6 is 24.0 Å². The van der Waals surface area contributed by atoms with E-state index < -0.39 is 0 Å². The molecule has 1 aromatic rings. The highest BCUT2D eigenvalue weighted by Crippen LogP contribution is 2.17. The van der Waals surface area contributed by atoms with Gasteiger partial charge in [0.25, 0.3) is 0 Å². The van der Waals surface area contributed by atoms with Gasteiger partial charge in [-0.3, -0.25) is 4.79 Å². The summed E-state index contributed by atoms with van der Waals surface area (Å²) in [5.74, 6) is 0.436. The van der Waals surface area contributed by atoms with Crippen LogP contribution in [0.3, 0.4) is 0 Å². The fraction of sp³-hybridized carbons (Fsp3) is 0.529. The Morgan fingerprint density at radius 1 is 1.32 bits per heavy atom. The van der Waals surface area contributed by atoms with Crippen LogP contribution in [0.15, 0.2) is 24.3 Å². The summed E-state index contributed by atoms with van der Waals surface area (Å²) in [5.41, 5.74) is 2.45. The summed E-state index contributed by atoms with van der Waals surface area (Å²) in [4.78, 5) is 14.3. The lowest BCUT2D eigenvalue weighted by Gasteiger charge is -2.18. The van der Waals surface area contributed by atoms with Crippen LogP contribution in [0.1, 0.15) is 43.9 Å². The summed E-state index contributed by atoms with van der Waals surface area (Å²) >= 11 is 6.85. The molecule has 0 saturated carbocycles. The lowest BCUT2D eigenvalue weighted by Crippen LogP contribution is -2.30. The lowest BCUT2D eigenvalue weighted by molar-refractivity contribution is -0.119. The van der Waals surface area contributed by atoms with E-state index >= 15 is 0 Å². The van der Waals surface area contributed by atoms with Crippen LogP contribution in [-0.2, 0) is 11.2 Å². The van der Waals surface area contributed by atoms with E-state index in [1.165, 1.54) is 30.2 Å². The fourth-order valence-electron chi connectivity index (χ4n) is 2.53. The second-order valence-corrected chi connectivity index (χ2v) is 7.24. The first-order valence-corrected chi connectivity index (χ1v) is 9.29. The Balaban J connectivity index is 1.76. The van der Waals surface area contributed by atoms with Crippen LogP contribution in [0.2, 0.25) is 0 Å². The van der Waals surface area contributed by atoms with Crippen molar-refractivity contribution in [3.63, 3.8) is 0 Å². The average Bonchev–Trinajstić information content (AvgIpc) is 3.07. The molecule has 22 heavy (non-hydrogen) atoms. The molecule has 1 unspecified atom stereocenters. The molecule has 1 amide bonds. The van der Waals surface area contributed by atoms with E-state index in [-0.39, 0.29) is 11.9 Å². The smallest absolute Gasteiger partial charge is 0.230 e. The van der Waals surface area contributed by atoms with Gasteiger partial charge in [-0.1, -0.05) is 55.2 Å². The molecule has 1 heterocycles. The zero-order valence-corrected chi connectivity index (χ0v) is 14.9. The molecule has 1 fully saturated rings. The van der Waals surface area contributed by atoms with Gasteiger partial charge in [0.05, 0.1) is 11.8 Å². The van der Waals surface area contributed by atoms with Crippen molar-refractivity contribution in [2.24, 2.45) is 0 Å². The third-order valence-electron chi connectivity index (χ3n) is 3.96. The summed E-state index contributed by atoms with van der Waals surface area (Å²) < 4.78 is 0.854. The Kier molecular flexibility index (Phi) is 6.70. The number of carbonyl (C=O) groups excluding carboxylic acids is 1. The molecular formula is C17H24N2OS2. The first-order valence-electron chi connectivity index (χ1n) is 7.90. The number of thioether (sulfide) groups is 1. The number of benzene rings is 1. The minimum atomic E-state index is 0.0272. The van der Waals surface area contributed by atoms with E-state index in [0.717, 1.165) is 29.4 Å². The van der Waals surface area contributed by atoms with E-state index in [0.29, 0.717) is 5.75 Å². The number of thiocarbonyl (C=S) groups is 1.